The molecule has 8 nitrogen and oxygen atoms in total. The number of carbonyl (C=O) groups excluding carboxylic acids is 2. The normalized spacial score (nSPS) is 18.6. The standard InChI is InChI=1S/C25H29ClN6O2/c1-17-15-30(9-10-32(17)25(34)31-7-3-4-8-31)16-20-11-21(26)12-23(18(20)2)29-24(33)19-5-6-22(13-27)28-14-19/h5-6,11-12,14,17H,3-4,7-10,15-16H2,1-2H3,(H,29,33)/t17-/m0/s1. The number of anilines is 1. The summed E-state index contributed by atoms with van der Waals surface area (Å²) in [5, 5.41) is 12.4. The highest BCUT2D eigenvalue weighted by Gasteiger charge is 2.31. The second-order valence-electron chi connectivity index (χ2n) is 8.99. The van der Waals surface area contributed by atoms with Gasteiger partial charge in [-0.1, -0.05) is 11.6 Å². The number of pyridine rings is 1. The van der Waals surface area contributed by atoms with Gasteiger partial charge in [0.1, 0.15) is 11.8 Å². The summed E-state index contributed by atoms with van der Waals surface area (Å²) >= 11 is 6.40. The highest BCUT2D eigenvalue weighted by Crippen LogP contribution is 2.27. The van der Waals surface area contributed by atoms with Crippen LogP contribution in [0, 0.1) is 18.3 Å². The van der Waals surface area contributed by atoms with Crippen molar-refractivity contribution >= 4 is 29.2 Å². The van der Waals surface area contributed by atoms with Crippen molar-refractivity contribution in [3.8, 4) is 6.07 Å². The molecule has 0 radical (unpaired) electrons. The Morgan fingerprint density at radius 2 is 1.97 bits per heavy atom. The van der Waals surface area contributed by atoms with Crippen molar-refractivity contribution in [2.24, 2.45) is 0 Å². The lowest BCUT2D eigenvalue weighted by molar-refractivity contribution is 0.0814. The van der Waals surface area contributed by atoms with E-state index in [2.05, 4.69) is 22.1 Å². The highest BCUT2D eigenvalue weighted by atomic mass is 35.5. The highest BCUT2D eigenvalue weighted by molar-refractivity contribution is 6.31. The minimum atomic E-state index is -0.309. The zero-order valence-electron chi connectivity index (χ0n) is 19.6. The second-order valence-corrected chi connectivity index (χ2v) is 9.43. The molecule has 2 saturated heterocycles. The van der Waals surface area contributed by atoms with Crippen LogP contribution in [0.4, 0.5) is 10.5 Å². The molecule has 0 bridgehead atoms. The third kappa shape index (κ3) is 5.32. The van der Waals surface area contributed by atoms with E-state index in [1.807, 2.05) is 28.9 Å². The molecule has 1 aromatic carbocycles. The van der Waals surface area contributed by atoms with Crippen molar-refractivity contribution < 1.29 is 9.59 Å². The summed E-state index contributed by atoms with van der Waals surface area (Å²) in [5.74, 6) is -0.309. The van der Waals surface area contributed by atoms with Crippen LogP contribution in [0.2, 0.25) is 5.02 Å². The molecule has 0 saturated carbocycles. The predicted octanol–water partition coefficient (Wildman–Crippen LogP) is 3.89. The van der Waals surface area contributed by atoms with Crippen LogP contribution in [-0.4, -0.2) is 70.4 Å². The molecular weight excluding hydrogens is 452 g/mol. The third-order valence-electron chi connectivity index (χ3n) is 6.60. The first-order chi connectivity index (χ1) is 16.4. The lowest BCUT2D eigenvalue weighted by Crippen LogP contribution is -2.56. The number of nitrogens with one attached hydrogen (secondary N) is 1. The van der Waals surface area contributed by atoms with Crippen molar-refractivity contribution in [2.45, 2.75) is 39.3 Å². The molecule has 2 aromatic rings. The summed E-state index contributed by atoms with van der Waals surface area (Å²) in [5.41, 5.74) is 3.25. The van der Waals surface area contributed by atoms with E-state index >= 15 is 0 Å². The van der Waals surface area contributed by atoms with Gasteiger partial charge in [-0.3, -0.25) is 9.69 Å². The molecule has 1 N–H and O–H groups in total. The molecule has 9 heteroatoms. The molecule has 2 aliphatic rings. The summed E-state index contributed by atoms with van der Waals surface area (Å²) in [7, 11) is 0. The summed E-state index contributed by atoms with van der Waals surface area (Å²) in [6, 6.07) is 8.99. The maximum atomic E-state index is 12.8. The minimum absolute atomic E-state index is 0.129. The summed E-state index contributed by atoms with van der Waals surface area (Å²) in [6.07, 6.45) is 3.57. The Bertz CT molecular complexity index is 1110. The molecule has 0 unspecified atom stereocenters. The average molecular weight is 481 g/mol. The van der Waals surface area contributed by atoms with Gasteiger partial charge in [0.05, 0.1) is 5.56 Å². The lowest BCUT2D eigenvalue weighted by Gasteiger charge is -2.41. The first-order valence-electron chi connectivity index (χ1n) is 11.6. The molecule has 3 heterocycles. The largest absolute Gasteiger partial charge is 0.325 e. The number of rotatable bonds is 4. The topological polar surface area (TPSA) is 92.6 Å². The zero-order chi connectivity index (χ0) is 24.2. The monoisotopic (exact) mass is 480 g/mol. The van der Waals surface area contributed by atoms with E-state index in [9.17, 15) is 9.59 Å². The summed E-state index contributed by atoms with van der Waals surface area (Å²) in [6.45, 7) is 8.74. The number of hydrogen-bond donors (Lipinski definition) is 1. The molecule has 1 atom stereocenters. The van der Waals surface area contributed by atoms with Crippen LogP contribution in [0.5, 0.6) is 0 Å². The summed E-state index contributed by atoms with van der Waals surface area (Å²) < 4.78 is 0. The molecule has 4 rings (SSSR count). The maximum Gasteiger partial charge on any atom is 0.320 e. The first-order valence-corrected chi connectivity index (χ1v) is 12.0. The molecule has 2 aliphatic heterocycles. The van der Waals surface area contributed by atoms with Crippen LogP contribution < -0.4 is 5.32 Å². The van der Waals surface area contributed by atoms with Crippen LogP contribution in [0.3, 0.4) is 0 Å². The smallest absolute Gasteiger partial charge is 0.320 e. The van der Waals surface area contributed by atoms with Gasteiger partial charge in [-0.15, -0.1) is 0 Å². The fourth-order valence-electron chi connectivity index (χ4n) is 4.61. The summed E-state index contributed by atoms with van der Waals surface area (Å²) in [4.78, 5) is 35.8. The van der Waals surface area contributed by atoms with E-state index in [-0.39, 0.29) is 23.7 Å². The predicted molar refractivity (Wildman–Crippen MR) is 131 cm³/mol. The van der Waals surface area contributed by atoms with E-state index in [0.717, 1.165) is 50.1 Å². The van der Waals surface area contributed by atoms with Crippen LogP contribution >= 0.6 is 11.6 Å². The van der Waals surface area contributed by atoms with Gasteiger partial charge in [0, 0.05) is 62.2 Å². The van der Waals surface area contributed by atoms with Crippen molar-refractivity contribution in [3.63, 3.8) is 0 Å². The molecule has 2 fully saturated rings. The molecule has 3 amide bonds. The number of nitriles is 1. The van der Waals surface area contributed by atoms with Crippen molar-refractivity contribution in [1.82, 2.24) is 19.7 Å². The van der Waals surface area contributed by atoms with Gasteiger partial charge in [-0.25, -0.2) is 9.78 Å². The lowest BCUT2D eigenvalue weighted by atomic mass is 10.0. The number of aromatic nitrogens is 1. The van der Waals surface area contributed by atoms with Crippen LogP contribution in [0.15, 0.2) is 30.5 Å². The Hall–Kier alpha value is -3.15. The SMILES string of the molecule is Cc1c(CN2CCN(C(=O)N3CCCC3)[C@@H](C)C2)cc(Cl)cc1NC(=O)c1ccc(C#N)nc1. The van der Waals surface area contributed by atoms with E-state index in [0.29, 0.717) is 29.4 Å². The van der Waals surface area contributed by atoms with E-state index in [4.69, 9.17) is 16.9 Å². The Labute approximate surface area is 205 Å². The van der Waals surface area contributed by atoms with E-state index < -0.39 is 0 Å². The Kier molecular flexibility index (Phi) is 7.35. The van der Waals surface area contributed by atoms with Crippen molar-refractivity contribution in [2.75, 3.05) is 38.0 Å². The first kappa shape index (κ1) is 24.0. The van der Waals surface area contributed by atoms with Gasteiger partial charge in [0.2, 0.25) is 0 Å². The van der Waals surface area contributed by atoms with E-state index in [1.54, 1.807) is 12.1 Å². The average Bonchev–Trinajstić information content (AvgIpc) is 3.37. The van der Waals surface area contributed by atoms with Gasteiger partial charge in [0.25, 0.3) is 5.91 Å². The second kappa shape index (κ2) is 10.4. The number of piperazine rings is 1. The van der Waals surface area contributed by atoms with Crippen LogP contribution in [0.25, 0.3) is 0 Å². The van der Waals surface area contributed by atoms with Crippen LogP contribution in [-0.2, 0) is 6.54 Å². The van der Waals surface area contributed by atoms with Crippen molar-refractivity contribution in [1.29, 1.82) is 5.26 Å². The fraction of sp³-hybridized carbons (Fsp3) is 0.440. The number of hydrogen-bond acceptors (Lipinski definition) is 5. The van der Waals surface area contributed by atoms with Gasteiger partial charge >= 0.3 is 6.03 Å². The minimum Gasteiger partial charge on any atom is -0.325 e. The van der Waals surface area contributed by atoms with Crippen LogP contribution in [0.1, 0.15) is 46.9 Å². The number of nitrogens with zero attached hydrogens (tertiary/aromatic N) is 5. The fourth-order valence-corrected chi connectivity index (χ4v) is 4.85. The third-order valence-corrected chi connectivity index (χ3v) is 6.81. The maximum absolute atomic E-state index is 12.8. The molecule has 0 aliphatic carbocycles. The Morgan fingerprint density at radius 3 is 2.62 bits per heavy atom. The van der Waals surface area contributed by atoms with Gasteiger partial charge in [-0.2, -0.15) is 5.26 Å². The number of urea groups is 1. The quantitative estimate of drug-likeness (QED) is 0.716. The number of halogens is 1. The number of likely N-dealkylation sites (tertiary alicyclic amines) is 1. The molecule has 1 aromatic heterocycles. The van der Waals surface area contributed by atoms with Gasteiger partial charge in [-0.05, 0) is 62.1 Å². The van der Waals surface area contributed by atoms with Gasteiger partial charge < -0.3 is 15.1 Å². The Balaban J connectivity index is 1.42. The van der Waals surface area contributed by atoms with E-state index in [1.165, 1.54) is 12.3 Å². The molecular formula is C25H29ClN6O2. The molecule has 178 valence electrons. The zero-order valence-corrected chi connectivity index (χ0v) is 20.3. The molecule has 0 spiro atoms. The van der Waals surface area contributed by atoms with Gasteiger partial charge in [0.15, 0.2) is 0 Å². The number of carbonyl (C=O) groups is 2. The van der Waals surface area contributed by atoms with Crippen molar-refractivity contribution in [3.05, 3.63) is 57.9 Å². The number of amides is 3. The number of benzene rings is 1. The Morgan fingerprint density at radius 1 is 1.21 bits per heavy atom. The molecule has 34 heavy (non-hydrogen) atoms.